The van der Waals surface area contributed by atoms with Crippen molar-refractivity contribution in [1.82, 2.24) is 5.32 Å². The molecule has 0 spiro atoms. The van der Waals surface area contributed by atoms with Crippen LogP contribution in [-0.2, 0) is 10.8 Å². The summed E-state index contributed by atoms with van der Waals surface area (Å²) in [7, 11) is -0.616. The molecule has 1 aromatic rings. The number of hydrogen-bond acceptors (Lipinski definition) is 3. The zero-order valence-corrected chi connectivity index (χ0v) is 13.4. The lowest BCUT2D eigenvalue weighted by Gasteiger charge is -2.32. The molecule has 1 aliphatic heterocycles. The number of para-hydroxylation sites is 1. The van der Waals surface area contributed by atoms with Gasteiger partial charge in [0, 0.05) is 47.1 Å². The molecule has 1 unspecified atom stereocenters. The summed E-state index contributed by atoms with van der Waals surface area (Å²) in [4.78, 5) is 2.40. The van der Waals surface area contributed by atoms with Crippen molar-refractivity contribution >= 4 is 16.5 Å². The van der Waals surface area contributed by atoms with E-state index in [1.807, 2.05) is 0 Å². The van der Waals surface area contributed by atoms with Crippen molar-refractivity contribution in [3.05, 3.63) is 29.8 Å². The van der Waals surface area contributed by atoms with Crippen molar-refractivity contribution < 1.29 is 4.21 Å². The fourth-order valence-corrected chi connectivity index (χ4v) is 3.79. The van der Waals surface area contributed by atoms with Crippen molar-refractivity contribution in [2.24, 2.45) is 0 Å². The molecule has 1 heterocycles. The number of rotatable bonds is 6. The van der Waals surface area contributed by atoms with Crippen molar-refractivity contribution in [2.75, 3.05) is 36.0 Å². The van der Waals surface area contributed by atoms with E-state index in [1.54, 1.807) is 0 Å². The van der Waals surface area contributed by atoms with E-state index in [1.165, 1.54) is 11.3 Å². The van der Waals surface area contributed by atoms with Crippen LogP contribution < -0.4 is 10.2 Å². The molecule has 1 atom stereocenters. The summed E-state index contributed by atoms with van der Waals surface area (Å²) >= 11 is 0. The van der Waals surface area contributed by atoms with E-state index in [0.29, 0.717) is 6.04 Å². The molecule has 0 aromatic heterocycles. The average molecular weight is 294 g/mol. The lowest BCUT2D eigenvalue weighted by atomic mass is 10.0. The van der Waals surface area contributed by atoms with Gasteiger partial charge in [0.1, 0.15) is 0 Å². The first kappa shape index (κ1) is 15.5. The van der Waals surface area contributed by atoms with Gasteiger partial charge in [0.05, 0.1) is 0 Å². The van der Waals surface area contributed by atoms with E-state index in [2.05, 4.69) is 48.3 Å². The summed E-state index contributed by atoms with van der Waals surface area (Å²) in [6.07, 6.45) is 2.25. The molecule has 0 radical (unpaired) electrons. The van der Waals surface area contributed by atoms with Crippen LogP contribution >= 0.6 is 0 Å². The van der Waals surface area contributed by atoms with Gasteiger partial charge in [-0.2, -0.15) is 0 Å². The first-order valence-corrected chi connectivity index (χ1v) is 9.17. The van der Waals surface area contributed by atoms with Gasteiger partial charge in [-0.05, 0) is 31.0 Å². The highest BCUT2D eigenvalue weighted by Gasteiger charge is 2.20. The summed E-state index contributed by atoms with van der Waals surface area (Å²) in [5.74, 6) is 1.60. The van der Waals surface area contributed by atoms with Crippen molar-refractivity contribution in [3.8, 4) is 0 Å². The zero-order valence-electron chi connectivity index (χ0n) is 12.6. The van der Waals surface area contributed by atoms with E-state index in [0.717, 1.165) is 44.0 Å². The minimum atomic E-state index is -0.616. The van der Waals surface area contributed by atoms with Crippen LogP contribution in [0.3, 0.4) is 0 Å². The molecule has 1 fully saturated rings. The fourth-order valence-electron chi connectivity index (χ4n) is 2.74. The molecule has 1 saturated heterocycles. The quantitative estimate of drug-likeness (QED) is 0.875. The van der Waals surface area contributed by atoms with Gasteiger partial charge in [-0.15, -0.1) is 0 Å². The topological polar surface area (TPSA) is 32.3 Å². The van der Waals surface area contributed by atoms with Gasteiger partial charge in [0.2, 0.25) is 0 Å². The Kier molecular flexibility index (Phi) is 6.05. The average Bonchev–Trinajstić information content (AvgIpc) is 2.49. The minimum Gasteiger partial charge on any atom is -0.369 e. The lowest BCUT2D eigenvalue weighted by molar-refractivity contribution is 0.517. The SMILES string of the molecule is CCCNC(CC)c1ccccc1N1CCS(=O)CC1. The molecule has 0 saturated carbocycles. The van der Waals surface area contributed by atoms with E-state index >= 15 is 0 Å². The first-order valence-electron chi connectivity index (χ1n) is 7.68. The third-order valence-corrected chi connectivity index (χ3v) is 5.16. The molecule has 20 heavy (non-hydrogen) atoms. The molecule has 1 aliphatic rings. The van der Waals surface area contributed by atoms with Crippen LogP contribution in [0.15, 0.2) is 24.3 Å². The van der Waals surface area contributed by atoms with Gasteiger partial charge >= 0.3 is 0 Å². The molecule has 0 amide bonds. The standard InChI is InChI=1S/C16H26N2OS/c1-3-9-17-15(4-2)14-7-5-6-8-16(14)18-10-12-20(19)13-11-18/h5-8,15,17H,3-4,9-13H2,1-2H3. The summed E-state index contributed by atoms with van der Waals surface area (Å²) < 4.78 is 11.5. The molecule has 2 rings (SSSR count). The Labute approximate surface area is 125 Å². The second-order valence-corrected chi connectivity index (χ2v) is 7.01. The zero-order chi connectivity index (χ0) is 14.4. The number of nitrogens with zero attached hydrogens (tertiary/aromatic N) is 1. The van der Waals surface area contributed by atoms with Gasteiger partial charge < -0.3 is 10.2 Å². The van der Waals surface area contributed by atoms with Gasteiger partial charge in [0.25, 0.3) is 0 Å². The Bertz CT molecular complexity index is 440. The fraction of sp³-hybridized carbons (Fsp3) is 0.625. The summed E-state index contributed by atoms with van der Waals surface area (Å²) in [5.41, 5.74) is 2.70. The Balaban J connectivity index is 2.18. The molecule has 3 nitrogen and oxygen atoms in total. The van der Waals surface area contributed by atoms with Crippen LogP contribution in [0.1, 0.15) is 38.3 Å². The molecular formula is C16H26N2OS. The second-order valence-electron chi connectivity index (χ2n) is 5.31. The van der Waals surface area contributed by atoms with E-state index < -0.39 is 10.8 Å². The monoisotopic (exact) mass is 294 g/mol. The highest BCUT2D eigenvalue weighted by atomic mass is 32.2. The second kappa shape index (κ2) is 7.79. The molecule has 4 heteroatoms. The van der Waals surface area contributed by atoms with Crippen molar-refractivity contribution in [2.45, 2.75) is 32.7 Å². The van der Waals surface area contributed by atoms with E-state index in [4.69, 9.17) is 0 Å². The predicted molar refractivity (Wildman–Crippen MR) is 87.9 cm³/mol. The first-order chi connectivity index (χ1) is 9.76. The number of benzene rings is 1. The maximum absolute atomic E-state index is 11.5. The number of nitrogens with one attached hydrogen (secondary N) is 1. The minimum absolute atomic E-state index is 0.415. The summed E-state index contributed by atoms with van der Waals surface area (Å²) in [5, 5.41) is 3.64. The third kappa shape index (κ3) is 3.83. The van der Waals surface area contributed by atoms with Crippen LogP contribution in [0.4, 0.5) is 5.69 Å². The largest absolute Gasteiger partial charge is 0.369 e. The van der Waals surface area contributed by atoms with Crippen molar-refractivity contribution in [3.63, 3.8) is 0 Å². The number of hydrogen-bond donors (Lipinski definition) is 1. The molecule has 1 aromatic carbocycles. The molecule has 1 N–H and O–H groups in total. The molecule has 0 bridgehead atoms. The van der Waals surface area contributed by atoms with E-state index in [-0.39, 0.29) is 0 Å². The number of anilines is 1. The smallest absolute Gasteiger partial charge is 0.0415 e. The normalized spacial score (nSPS) is 18.2. The Morgan fingerprint density at radius 2 is 1.95 bits per heavy atom. The van der Waals surface area contributed by atoms with Gasteiger partial charge in [-0.3, -0.25) is 4.21 Å². The molecule has 0 aliphatic carbocycles. The highest BCUT2D eigenvalue weighted by molar-refractivity contribution is 7.85. The van der Waals surface area contributed by atoms with Crippen LogP contribution in [0.25, 0.3) is 0 Å². The van der Waals surface area contributed by atoms with E-state index in [9.17, 15) is 4.21 Å². The van der Waals surface area contributed by atoms with Crippen LogP contribution in [0.5, 0.6) is 0 Å². The molecule has 112 valence electrons. The van der Waals surface area contributed by atoms with Crippen LogP contribution in [-0.4, -0.2) is 35.3 Å². The Morgan fingerprint density at radius 1 is 1.25 bits per heavy atom. The highest BCUT2D eigenvalue weighted by Crippen LogP contribution is 2.29. The Hall–Kier alpha value is -0.870. The van der Waals surface area contributed by atoms with Gasteiger partial charge in [-0.1, -0.05) is 32.0 Å². The predicted octanol–water partition coefficient (Wildman–Crippen LogP) is 2.71. The maximum atomic E-state index is 11.5. The van der Waals surface area contributed by atoms with Crippen molar-refractivity contribution in [1.29, 1.82) is 0 Å². The van der Waals surface area contributed by atoms with Gasteiger partial charge in [0.15, 0.2) is 0 Å². The summed E-state index contributed by atoms with van der Waals surface area (Å²) in [6, 6.07) is 9.09. The lowest BCUT2D eigenvalue weighted by Crippen LogP contribution is -2.38. The van der Waals surface area contributed by atoms with Crippen LogP contribution in [0.2, 0.25) is 0 Å². The third-order valence-electron chi connectivity index (χ3n) is 3.88. The van der Waals surface area contributed by atoms with Gasteiger partial charge in [-0.25, -0.2) is 0 Å². The van der Waals surface area contributed by atoms with Crippen LogP contribution in [0, 0.1) is 0 Å². The Morgan fingerprint density at radius 3 is 2.60 bits per heavy atom. The maximum Gasteiger partial charge on any atom is 0.0415 e. The molecular weight excluding hydrogens is 268 g/mol. The summed E-state index contributed by atoms with van der Waals surface area (Å²) in [6.45, 7) is 7.31.